The average Bonchev–Trinajstić information content (AvgIpc) is 3.10. The number of hydrogen-bond donors (Lipinski definition) is 2. The Morgan fingerprint density at radius 2 is 1.49 bits per heavy atom. The normalized spacial score (nSPS) is 13.1. The summed E-state index contributed by atoms with van der Waals surface area (Å²) in [5, 5.41) is 5.89. The molecule has 0 unspecified atom stereocenters. The molecule has 1 heterocycles. The van der Waals surface area contributed by atoms with Crippen LogP contribution in [0.15, 0.2) is 77.5 Å². The number of nitrogens with one attached hydrogen (secondary N) is 2. The van der Waals surface area contributed by atoms with Gasteiger partial charge in [-0.1, -0.05) is 29.3 Å². The van der Waals surface area contributed by atoms with E-state index in [9.17, 15) is 19.2 Å². The molecular weight excluding hydrogens is 517 g/mol. The molecule has 3 aromatic carbocycles. The summed E-state index contributed by atoms with van der Waals surface area (Å²) in [7, 11) is 0. The van der Waals surface area contributed by atoms with Crippen LogP contribution in [0.25, 0.3) is 0 Å². The first-order valence-corrected chi connectivity index (χ1v) is 12.0. The Labute approximate surface area is 222 Å². The van der Waals surface area contributed by atoms with Crippen LogP contribution in [0.3, 0.4) is 0 Å². The van der Waals surface area contributed by atoms with E-state index >= 15 is 0 Å². The quantitative estimate of drug-likeness (QED) is 0.304. The second-order valence-corrected chi connectivity index (χ2v) is 8.81. The number of amides is 3. The summed E-state index contributed by atoms with van der Waals surface area (Å²) >= 11 is 12.3. The maximum Gasteiger partial charge on any atom is 0.338 e. The average molecular weight is 538 g/mol. The van der Waals surface area contributed by atoms with Gasteiger partial charge in [0.1, 0.15) is 10.7 Å². The smallest absolute Gasteiger partial charge is 0.338 e. The Morgan fingerprint density at radius 1 is 0.865 bits per heavy atom. The summed E-state index contributed by atoms with van der Waals surface area (Å²) in [4.78, 5) is 51.1. The van der Waals surface area contributed by atoms with Crippen molar-refractivity contribution >= 4 is 64.0 Å². The molecule has 8 nitrogen and oxygen atoms in total. The Hall–Kier alpha value is -4.14. The number of hydrogen-bond acceptors (Lipinski definition) is 6. The van der Waals surface area contributed by atoms with Gasteiger partial charge in [-0.2, -0.15) is 0 Å². The van der Waals surface area contributed by atoms with Gasteiger partial charge in [-0.25, -0.2) is 9.69 Å². The molecule has 0 saturated carbocycles. The molecule has 0 atom stereocenters. The van der Waals surface area contributed by atoms with Crippen LogP contribution in [-0.4, -0.2) is 30.3 Å². The largest absolute Gasteiger partial charge is 0.462 e. The molecule has 0 spiro atoms. The molecule has 0 radical (unpaired) electrons. The van der Waals surface area contributed by atoms with E-state index in [1.54, 1.807) is 49.4 Å². The lowest BCUT2D eigenvalue weighted by Gasteiger charge is -2.15. The van der Waals surface area contributed by atoms with Crippen LogP contribution >= 0.6 is 23.2 Å². The molecule has 0 aliphatic carbocycles. The van der Waals surface area contributed by atoms with Gasteiger partial charge < -0.3 is 15.4 Å². The number of rotatable bonds is 7. The lowest BCUT2D eigenvalue weighted by atomic mass is 10.1. The number of nitrogens with zero attached hydrogens (tertiary/aromatic N) is 1. The first-order valence-electron chi connectivity index (χ1n) is 11.2. The molecule has 3 aromatic rings. The van der Waals surface area contributed by atoms with E-state index in [2.05, 4.69) is 10.6 Å². The first kappa shape index (κ1) is 25.9. The monoisotopic (exact) mass is 537 g/mol. The van der Waals surface area contributed by atoms with Crippen LogP contribution in [0.5, 0.6) is 0 Å². The minimum Gasteiger partial charge on any atom is -0.462 e. The van der Waals surface area contributed by atoms with Crippen molar-refractivity contribution in [1.29, 1.82) is 0 Å². The molecule has 10 heteroatoms. The summed E-state index contributed by atoms with van der Waals surface area (Å²) in [6.45, 7) is 3.79. The zero-order valence-electron chi connectivity index (χ0n) is 19.8. The summed E-state index contributed by atoms with van der Waals surface area (Å²) in [6, 6.07) is 17.4. The van der Waals surface area contributed by atoms with Crippen molar-refractivity contribution < 1.29 is 23.9 Å². The van der Waals surface area contributed by atoms with Crippen molar-refractivity contribution in [3.8, 4) is 0 Å². The third-order valence-electron chi connectivity index (χ3n) is 5.51. The van der Waals surface area contributed by atoms with E-state index in [1.165, 1.54) is 24.3 Å². The van der Waals surface area contributed by atoms with Gasteiger partial charge in [-0.15, -0.1) is 0 Å². The van der Waals surface area contributed by atoms with Crippen LogP contribution in [0.1, 0.15) is 33.2 Å². The van der Waals surface area contributed by atoms with Crippen molar-refractivity contribution in [3.05, 3.63) is 99.2 Å². The van der Waals surface area contributed by atoms with Crippen LogP contribution in [0, 0.1) is 6.92 Å². The highest BCUT2D eigenvalue weighted by atomic mass is 35.5. The van der Waals surface area contributed by atoms with Crippen LogP contribution in [-0.2, 0) is 14.3 Å². The Bertz CT molecular complexity index is 1430. The molecule has 0 bridgehead atoms. The maximum atomic E-state index is 13.0. The minimum atomic E-state index is -0.703. The van der Waals surface area contributed by atoms with Crippen LogP contribution < -0.4 is 15.5 Å². The van der Waals surface area contributed by atoms with Crippen LogP contribution in [0.4, 0.5) is 17.1 Å². The Kier molecular flexibility index (Phi) is 7.61. The number of halogens is 2. The maximum absolute atomic E-state index is 13.0. The molecule has 3 amide bonds. The molecule has 0 aromatic heterocycles. The highest BCUT2D eigenvalue weighted by Crippen LogP contribution is 2.30. The summed E-state index contributed by atoms with van der Waals surface area (Å²) in [5.74, 6) is -2.21. The van der Waals surface area contributed by atoms with Gasteiger partial charge in [-0.3, -0.25) is 14.4 Å². The number of ether oxygens (including phenoxy) is 1. The van der Waals surface area contributed by atoms with E-state index in [4.69, 9.17) is 27.9 Å². The fourth-order valence-corrected chi connectivity index (χ4v) is 3.92. The van der Waals surface area contributed by atoms with Crippen molar-refractivity contribution in [2.45, 2.75) is 13.8 Å². The molecular formula is C27H21Cl2N3O5. The zero-order valence-corrected chi connectivity index (χ0v) is 21.3. The molecule has 0 fully saturated rings. The van der Waals surface area contributed by atoms with Gasteiger partial charge in [0, 0.05) is 22.0 Å². The van der Waals surface area contributed by atoms with E-state index in [0.29, 0.717) is 22.0 Å². The number of imide groups is 1. The van der Waals surface area contributed by atoms with Gasteiger partial charge in [0.25, 0.3) is 17.7 Å². The third kappa shape index (κ3) is 5.50. The standard InChI is InChI=1S/C27H21Cl2N3O5/c1-3-37-27(36)17-7-12-20(13-8-17)32-25(34)22(29)23(26(32)35)30-18-10-5-16(6-11-18)24(33)31-19-9-4-15(2)21(28)14-19/h4-14,30H,3H2,1-2H3,(H,31,33). The summed E-state index contributed by atoms with van der Waals surface area (Å²) in [5.41, 5.74) is 2.72. The molecule has 1 aliphatic rings. The van der Waals surface area contributed by atoms with E-state index in [0.717, 1.165) is 10.5 Å². The highest BCUT2D eigenvalue weighted by Gasteiger charge is 2.39. The Morgan fingerprint density at radius 3 is 2.11 bits per heavy atom. The number of esters is 1. The molecule has 188 valence electrons. The zero-order chi connectivity index (χ0) is 26.7. The van der Waals surface area contributed by atoms with E-state index in [1.807, 2.05) is 6.92 Å². The number of aryl methyl sites for hydroxylation is 1. The SMILES string of the molecule is CCOC(=O)c1ccc(N2C(=O)C(Cl)=C(Nc3ccc(C(=O)Nc4ccc(C)c(Cl)c4)cc3)C2=O)cc1. The van der Waals surface area contributed by atoms with E-state index < -0.39 is 17.8 Å². The molecule has 1 aliphatic heterocycles. The van der Waals surface area contributed by atoms with Gasteiger partial charge in [0.15, 0.2) is 0 Å². The van der Waals surface area contributed by atoms with Gasteiger partial charge in [-0.05, 0) is 80.1 Å². The Balaban J connectivity index is 1.45. The number of anilines is 3. The minimum absolute atomic E-state index is 0.104. The number of carbonyl (C=O) groups is 4. The fourth-order valence-electron chi connectivity index (χ4n) is 3.53. The van der Waals surface area contributed by atoms with Crippen LogP contribution in [0.2, 0.25) is 5.02 Å². The topological polar surface area (TPSA) is 105 Å². The predicted octanol–water partition coefficient (Wildman–Crippen LogP) is 5.51. The fraction of sp³-hybridized carbons (Fsp3) is 0.111. The second-order valence-electron chi connectivity index (χ2n) is 8.02. The molecule has 2 N–H and O–H groups in total. The van der Waals surface area contributed by atoms with E-state index in [-0.39, 0.29) is 34.5 Å². The lowest BCUT2D eigenvalue weighted by molar-refractivity contribution is -0.120. The molecule has 4 rings (SSSR count). The molecule has 37 heavy (non-hydrogen) atoms. The predicted molar refractivity (Wildman–Crippen MR) is 142 cm³/mol. The third-order valence-corrected chi connectivity index (χ3v) is 6.27. The molecule has 0 saturated heterocycles. The second kappa shape index (κ2) is 10.9. The van der Waals surface area contributed by atoms with Gasteiger partial charge in [0.2, 0.25) is 0 Å². The number of carbonyl (C=O) groups excluding carboxylic acids is 4. The highest BCUT2D eigenvalue weighted by molar-refractivity contribution is 6.53. The summed E-state index contributed by atoms with van der Waals surface area (Å²) < 4.78 is 4.94. The first-order chi connectivity index (χ1) is 17.7. The van der Waals surface area contributed by atoms with Crippen molar-refractivity contribution in [3.63, 3.8) is 0 Å². The van der Waals surface area contributed by atoms with Gasteiger partial charge in [0.05, 0.1) is 17.9 Å². The summed E-state index contributed by atoms with van der Waals surface area (Å²) in [6.07, 6.45) is 0. The lowest BCUT2D eigenvalue weighted by Crippen LogP contribution is -2.32. The van der Waals surface area contributed by atoms with Gasteiger partial charge >= 0.3 is 5.97 Å². The number of benzene rings is 3. The van der Waals surface area contributed by atoms with Crippen molar-refractivity contribution in [1.82, 2.24) is 0 Å². The van der Waals surface area contributed by atoms with Crippen molar-refractivity contribution in [2.24, 2.45) is 0 Å². The van der Waals surface area contributed by atoms with Crippen molar-refractivity contribution in [2.75, 3.05) is 22.1 Å².